The first kappa shape index (κ1) is 29.6. The highest BCUT2D eigenvalue weighted by molar-refractivity contribution is 6.10. The van der Waals surface area contributed by atoms with Crippen LogP contribution in [0.3, 0.4) is 0 Å². The molecule has 0 amide bonds. The van der Waals surface area contributed by atoms with Crippen LogP contribution in [-0.2, 0) is 19.0 Å². The van der Waals surface area contributed by atoms with Gasteiger partial charge in [0.05, 0.1) is 30.5 Å². The van der Waals surface area contributed by atoms with E-state index in [9.17, 15) is 13.2 Å². The lowest BCUT2D eigenvalue weighted by Crippen LogP contribution is -2.08. The molecule has 0 radical (unpaired) electrons. The number of hydrogen-bond acceptors (Lipinski definition) is 4. The van der Waals surface area contributed by atoms with E-state index in [1.165, 1.54) is 12.3 Å². The monoisotopic (exact) mass is 536 g/mol. The zero-order valence-electron chi connectivity index (χ0n) is 23.3. The largest absolute Gasteiger partial charge is 0.496 e. The van der Waals surface area contributed by atoms with Gasteiger partial charge in [0.15, 0.2) is 0 Å². The molecule has 2 heterocycles. The van der Waals surface area contributed by atoms with Crippen molar-refractivity contribution in [2.75, 3.05) is 14.2 Å². The fraction of sp³-hybridized carbons (Fsp3) is 0.323. The van der Waals surface area contributed by atoms with Crippen LogP contribution in [0.2, 0.25) is 0 Å². The topological polar surface area (TPSA) is 52.3 Å². The van der Waals surface area contributed by atoms with Gasteiger partial charge in [0.1, 0.15) is 11.4 Å². The van der Waals surface area contributed by atoms with E-state index < -0.39 is 11.9 Å². The second-order valence-electron chi connectivity index (χ2n) is 8.78. The van der Waals surface area contributed by atoms with E-state index in [-0.39, 0.29) is 6.04 Å². The second-order valence-corrected chi connectivity index (χ2v) is 8.78. The van der Waals surface area contributed by atoms with Crippen LogP contribution in [0.15, 0.2) is 72.1 Å². The predicted octanol–water partition coefficient (Wildman–Crippen LogP) is 7.98. The highest BCUT2D eigenvalue weighted by Gasteiger charge is 2.32. The summed E-state index contributed by atoms with van der Waals surface area (Å²) in [5.74, 6) is 0.743. The molecule has 2 aromatic heterocycles. The molecule has 4 aromatic rings. The van der Waals surface area contributed by atoms with Gasteiger partial charge in [-0.15, -0.1) is 0 Å². The quantitative estimate of drug-likeness (QED) is 0.215. The van der Waals surface area contributed by atoms with Crippen molar-refractivity contribution in [3.63, 3.8) is 0 Å². The van der Waals surface area contributed by atoms with Crippen molar-refractivity contribution in [1.29, 1.82) is 0 Å². The molecule has 0 saturated carbocycles. The number of aromatic nitrogens is 3. The smallest absolute Gasteiger partial charge is 0.433 e. The third-order valence-electron chi connectivity index (χ3n) is 6.50. The number of aryl methyl sites for hydroxylation is 2. The number of pyridine rings is 1. The Morgan fingerprint density at radius 3 is 2.44 bits per heavy atom. The van der Waals surface area contributed by atoms with Gasteiger partial charge < -0.3 is 9.30 Å². The minimum absolute atomic E-state index is 0.0105. The summed E-state index contributed by atoms with van der Waals surface area (Å²) in [7, 11) is 3.38. The van der Waals surface area contributed by atoms with Crippen molar-refractivity contribution < 1.29 is 17.9 Å². The number of ether oxygens (including phenoxy) is 1. The molecule has 1 atom stereocenters. The van der Waals surface area contributed by atoms with E-state index in [0.717, 1.165) is 50.7 Å². The summed E-state index contributed by atoms with van der Waals surface area (Å²) in [6.45, 7) is 8.10. The van der Waals surface area contributed by atoms with E-state index in [0.29, 0.717) is 12.8 Å². The maximum Gasteiger partial charge on any atom is 0.433 e. The summed E-state index contributed by atoms with van der Waals surface area (Å²) in [5.41, 5.74) is 5.94. The molecule has 0 N–H and O–H groups in total. The number of halogens is 3. The maximum atomic E-state index is 12.8. The first-order valence-corrected chi connectivity index (χ1v) is 13.0. The van der Waals surface area contributed by atoms with Crippen LogP contribution in [0, 0.1) is 0 Å². The van der Waals surface area contributed by atoms with Crippen molar-refractivity contribution in [3.8, 4) is 5.75 Å². The molecule has 4 rings (SSSR count). The van der Waals surface area contributed by atoms with Crippen LogP contribution in [0.4, 0.5) is 13.2 Å². The number of fused-ring (bicyclic) bond motifs is 1. The van der Waals surface area contributed by atoms with Gasteiger partial charge >= 0.3 is 6.18 Å². The number of aliphatic imine (C=N–C) groups is 1. The Morgan fingerprint density at radius 1 is 1.05 bits per heavy atom. The molecule has 0 fully saturated rings. The van der Waals surface area contributed by atoms with Gasteiger partial charge in [-0.05, 0) is 78.8 Å². The van der Waals surface area contributed by atoms with E-state index in [1.54, 1.807) is 14.2 Å². The number of rotatable bonds is 8. The molecule has 206 valence electrons. The highest BCUT2D eigenvalue weighted by Crippen LogP contribution is 2.31. The molecule has 0 spiro atoms. The lowest BCUT2D eigenvalue weighted by molar-refractivity contribution is -0.141. The third kappa shape index (κ3) is 6.93. The molecule has 39 heavy (non-hydrogen) atoms. The maximum absolute atomic E-state index is 12.8. The number of methoxy groups -OCH3 is 1. The van der Waals surface area contributed by atoms with Gasteiger partial charge in [0.2, 0.25) is 0 Å². The predicted molar refractivity (Wildman–Crippen MR) is 153 cm³/mol. The average Bonchev–Trinajstić information content (AvgIpc) is 3.38. The minimum Gasteiger partial charge on any atom is -0.496 e. The Bertz CT molecular complexity index is 1440. The van der Waals surface area contributed by atoms with Crippen LogP contribution >= 0.6 is 0 Å². The fourth-order valence-corrected chi connectivity index (χ4v) is 4.38. The lowest BCUT2D eigenvalue weighted by Gasteiger charge is -2.18. The van der Waals surface area contributed by atoms with Crippen LogP contribution in [-0.4, -0.2) is 34.9 Å². The molecule has 5 nitrogen and oxygen atoms in total. The third-order valence-corrected chi connectivity index (χ3v) is 6.50. The molecule has 0 saturated heterocycles. The van der Waals surface area contributed by atoms with E-state index in [4.69, 9.17) is 4.74 Å². The average molecular weight is 537 g/mol. The van der Waals surface area contributed by atoms with E-state index in [1.807, 2.05) is 51.5 Å². The Kier molecular flexibility index (Phi) is 10.0. The second kappa shape index (κ2) is 13.2. The number of nitrogens with zero attached hydrogens (tertiary/aromatic N) is 4. The zero-order valence-corrected chi connectivity index (χ0v) is 23.3. The van der Waals surface area contributed by atoms with Gasteiger partial charge in [-0.3, -0.25) is 9.98 Å². The van der Waals surface area contributed by atoms with Gasteiger partial charge in [-0.25, -0.2) is 4.98 Å². The number of alkyl halides is 3. The van der Waals surface area contributed by atoms with Crippen molar-refractivity contribution in [2.24, 2.45) is 4.99 Å². The molecule has 8 heteroatoms. The first-order valence-electron chi connectivity index (χ1n) is 13.0. The zero-order chi connectivity index (χ0) is 28.6. The molecule has 0 aliphatic rings. The number of benzene rings is 2. The summed E-state index contributed by atoms with van der Waals surface area (Å²) in [6.07, 6.45) is 3.74. The molecule has 0 bridgehead atoms. The van der Waals surface area contributed by atoms with Crippen molar-refractivity contribution in [1.82, 2.24) is 14.5 Å². The standard InChI is InChI=1S/C29H29F3N4O.C2H6/c1-5-21(17-33-3)24-11-12-26-25(14-24)35-18-36(26)19(2)23-10-9-22(27(15-23)37-4)8-6-20-7-13-28(34-16-20)29(30,31)32;1-2/h5,7,9-19H,6,8H2,1-4H3;1-2H3/b21-5+,33-17?;. The Morgan fingerprint density at radius 2 is 1.82 bits per heavy atom. The van der Waals surface area contributed by atoms with Crippen LogP contribution < -0.4 is 4.74 Å². The molecule has 0 aliphatic heterocycles. The Hall–Kier alpha value is -3.94. The highest BCUT2D eigenvalue weighted by atomic mass is 19.4. The summed E-state index contributed by atoms with van der Waals surface area (Å²) in [6, 6.07) is 14.8. The number of imidazole rings is 1. The Labute approximate surface area is 228 Å². The van der Waals surface area contributed by atoms with Gasteiger partial charge in [0, 0.05) is 19.5 Å². The molecule has 2 aromatic carbocycles. The molecule has 1 unspecified atom stereocenters. The van der Waals surface area contributed by atoms with Gasteiger partial charge in [-0.1, -0.05) is 44.2 Å². The normalized spacial score (nSPS) is 12.9. The van der Waals surface area contributed by atoms with E-state index in [2.05, 4.69) is 50.7 Å². The Balaban J connectivity index is 0.00000205. The summed E-state index contributed by atoms with van der Waals surface area (Å²) in [5, 5.41) is 0. The van der Waals surface area contributed by atoms with Crippen molar-refractivity contribution >= 4 is 22.8 Å². The fourth-order valence-electron chi connectivity index (χ4n) is 4.38. The molecule has 0 aliphatic carbocycles. The van der Waals surface area contributed by atoms with Crippen molar-refractivity contribution in [3.05, 3.63) is 95.1 Å². The molecular formula is C31H35F3N4O. The SMILES string of the molecule is C/C=C(\C=NC)c1ccc2c(c1)ncn2C(C)c1ccc(CCc2ccc(C(F)(F)F)nc2)c(OC)c1.CC. The van der Waals surface area contributed by atoms with Crippen molar-refractivity contribution in [2.45, 2.75) is 52.8 Å². The summed E-state index contributed by atoms with van der Waals surface area (Å²) >= 11 is 0. The van der Waals surface area contributed by atoms with Crippen LogP contribution in [0.5, 0.6) is 5.75 Å². The first-order chi connectivity index (χ1) is 18.7. The van der Waals surface area contributed by atoms with Crippen LogP contribution in [0.25, 0.3) is 16.6 Å². The minimum atomic E-state index is -4.43. The van der Waals surface area contributed by atoms with Gasteiger partial charge in [0.25, 0.3) is 0 Å². The van der Waals surface area contributed by atoms with Gasteiger partial charge in [-0.2, -0.15) is 13.2 Å². The van der Waals surface area contributed by atoms with E-state index >= 15 is 0 Å². The lowest BCUT2D eigenvalue weighted by atomic mass is 10.00. The number of allylic oxidation sites excluding steroid dienone is 2. The number of hydrogen-bond donors (Lipinski definition) is 0. The summed E-state index contributed by atoms with van der Waals surface area (Å²) in [4.78, 5) is 12.3. The van der Waals surface area contributed by atoms with Crippen LogP contribution in [0.1, 0.15) is 61.7 Å². The molecular weight excluding hydrogens is 501 g/mol. The summed E-state index contributed by atoms with van der Waals surface area (Å²) < 4.78 is 46.1.